The van der Waals surface area contributed by atoms with Crippen molar-refractivity contribution in [3.63, 3.8) is 0 Å². The van der Waals surface area contributed by atoms with Crippen molar-refractivity contribution in [1.29, 1.82) is 0 Å². The Labute approximate surface area is 108 Å². The molecular weight excluding hydrogens is 225 g/mol. The van der Waals surface area contributed by atoms with Crippen LogP contribution >= 0.6 is 0 Å². The van der Waals surface area contributed by atoms with Crippen molar-refractivity contribution >= 4 is 0 Å². The van der Waals surface area contributed by atoms with Gasteiger partial charge in [-0.15, -0.1) is 0 Å². The lowest BCUT2D eigenvalue weighted by Crippen LogP contribution is -2.18. The van der Waals surface area contributed by atoms with E-state index in [1.54, 1.807) is 12.1 Å². The van der Waals surface area contributed by atoms with E-state index in [4.69, 9.17) is 0 Å². The molecular formula is C16H18FN. The molecule has 0 unspecified atom stereocenters. The maximum absolute atomic E-state index is 13.1. The maximum atomic E-state index is 13.1. The Balaban J connectivity index is 1.96. The van der Waals surface area contributed by atoms with Crippen LogP contribution in [0.5, 0.6) is 0 Å². The largest absolute Gasteiger partial charge is 0.306 e. The lowest BCUT2D eigenvalue weighted by Gasteiger charge is -2.14. The molecule has 0 saturated carbocycles. The topological polar surface area (TPSA) is 12.0 Å². The van der Waals surface area contributed by atoms with Gasteiger partial charge >= 0.3 is 0 Å². The molecule has 0 bridgehead atoms. The van der Waals surface area contributed by atoms with Crippen LogP contribution in [0.3, 0.4) is 0 Å². The van der Waals surface area contributed by atoms with Crippen molar-refractivity contribution in [1.82, 2.24) is 5.32 Å². The average Bonchev–Trinajstić information content (AvgIpc) is 2.38. The van der Waals surface area contributed by atoms with Gasteiger partial charge in [0, 0.05) is 12.6 Å². The number of hydrogen-bond donors (Lipinski definition) is 1. The molecule has 0 spiro atoms. The normalized spacial score (nSPS) is 12.4. The summed E-state index contributed by atoms with van der Waals surface area (Å²) in [5.74, 6) is -0.184. The summed E-state index contributed by atoms with van der Waals surface area (Å²) in [5, 5.41) is 3.40. The standard InChI is InChI=1S/C16H18FN/c1-12-6-8-14(9-7-12)11-18-13(2)15-4-3-5-16(17)10-15/h3-10,13,18H,11H2,1-2H3/t13-/m0/s1. The van der Waals surface area contributed by atoms with Crippen LogP contribution in [-0.4, -0.2) is 0 Å². The molecule has 2 rings (SSSR count). The summed E-state index contributed by atoms with van der Waals surface area (Å²) in [4.78, 5) is 0. The number of rotatable bonds is 4. The summed E-state index contributed by atoms with van der Waals surface area (Å²) in [6.07, 6.45) is 0. The Morgan fingerprint density at radius 3 is 2.50 bits per heavy atom. The van der Waals surface area contributed by atoms with Crippen LogP contribution < -0.4 is 5.32 Å². The first-order valence-electron chi connectivity index (χ1n) is 6.19. The van der Waals surface area contributed by atoms with Gasteiger partial charge in [0.05, 0.1) is 0 Å². The molecule has 0 fully saturated rings. The van der Waals surface area contributed by atoms with Crippen molar-refractivity contribution in [3.8, 4) is 0 Å². The van der Waals surface area contributed by atoms with Crippen LogP contribution in [0.4, 0.5) is 4.39 Å². The van der Waals surface area contributed by atoms with Gasteiger partial charge in [-0.2, -0.15) is 0 Å². The number of hydrogen-bond acceptors (Lipinski definition) is 1. The molecule has 0 aliphatic rings. The molecule has 0 amide bonds. The molecule has 0 aromatic heterocycles. The molecule has 2 aromatic carbocycles. The second-order valence-corrected chi connectivity index (χ2v) is 4.64. The van der Waals surface area contributed by atoms with E-state index in [9.17, 15) is 4.39 Å². The zero-order chi connectivity index (χ0) is 13.0. The Morgan fingerprint density at radius 1 is 1.11 bits per heavy atom. The third-order valence-corrected chi connectivity index (χ3v) is 3.08. The van der Waals surface area contributed by atoms with Crippen molar-refractivity contribution in [2.24, 2.45) is 0 Å². The molecule has 1 atom stereocenters. The fourth-order valence-electron chi connectivity index (χ4n) is 1.87. The second kappa shape index (κ2) is 5.78. The number of aryl methyl sites for hydroxylation is 1. The fourth-order valence-corrected chi connectivity index (χ4v) is 1.87. The average molecular weight is 243 g/mol. The fraction of sp³-hybridized carbons (Fsp3) is 0.250. The van der Waals surface area contributed by atoms with Crippen LogP contribution in [0.2, 0.25) is 0 Å². The summed E-state index contributed by atoms with van der Waals surface area (Å²) < 4.78 is 13.1. The smallest absolute Gasteiger partial charge is 0.123 e. The first-order valence-corrected chi connectivity index (χ1v) is 6.19. The predicted octanol–water partition coefficient (Wildman–Crippen LogP) is 3.98. The quantitative estimate of drug-likeness (QED) is 0.856. The van der Waals surface area contributed by atoms with Gasteiger partial charge in [0.15, 0.2) is 0 Å². The van der Waals surface area contributed by atoms with E-state index in [1.165, 1.54) is 17.2 Å². The van der Waals surface area contributed by atoms with Gasteiger partial charge in [0.2, 0.25) is 0 Å². The molecule has 2 aromatic rings. The zero-order valence-corrected chi connectivity index (χ0v) is 10.8. The molecule has 0 aliphatic heterocycles. The molecule has 1 N–H and O–H groups in total. The third kappa shape index (κ3) is 3.41. The van der Waals surface area contributed by atoms with Crippen LogP contribution in [0.1, 0.15) is 29.7 Å². The van der Waals surface area contributed by atoms with E-state index < -0.39 is 0 Å². The van der Waals surface area contributed by atoms with Gasteiger partial charge in [-0.1, -0.05) is 42.0 Å². The van der Waals surface area contributed by atoms with Gasteiger partial charge in [0.25, 0.3) is 0 Å². The predicted molar refractivity (Wildman–Crippen MR) is 72.8 cm³/mol. The van der Waals surface area contributed by atoms with Crippen LogP contribution in [0.25, 0.3) is 0 Å². The van der Waals surface area contributed by atoms with Crippen LogP contribution in [0, 0.1) is 12.7 Å². The van der Waals surface area contributed by atoms with Crippen LogP contribution in [-0.2, 0) is 6.54 Å². The molecule has 1 nitrogen and oxygen atoms in total. The molecule has 94 valence electrons. The highest BCUT2D eigenvalue weighted by Gasteiger charge is 2.05. The van der Waals surface area contributed by atoms with Gasteiger partial charge in [0.1, 0.15) is 5.82 Å². The van der Waals surface area contributed by atoms with E-state index in [2.05, 4.69) is 36.5 Å². The summed E-state index contributed by atoms with van der Waals surface area (Å²) in [7, 11) is 0. The van der Waals surface area contributed by atoms with Crippen molar-refractivity contribution in [2.75, 3.05) is 0 Å². The van der Waals surface area contributed by atoms with Gasteiger partial charge < -0.3 is 5.32 Å². The Bertz CT molecular complexity index is 505. The zero-order valence-electron chi connectivity index (χ0n) is 10.8. The van der Waals surface area contributed by atoms with E-state index in [0.717, 1.165) is 12.1 Å². The summed E-state index contributed by atoms with van der Waals surface area (Å²) in [6, 6.07) is 15.3. The van der Waals surface area contributed by atoms with Crippen molar-refractivity contribution < 1.29 is 4.39 Å². The molecule has 0 radical (unpaired) electrons. The number of benzene rings is 2. The van der Waals surface area contributed by atoms with Gasteiger partial charge in [-0.25, -0.2) is 4.39 Å². The van der Waals surface area contributed by atoms with Crippen molar-refractivity contribution in [2.45, 2.75) is 26.4 Å². The minimum atomic E-state index is -0.184. The Hall–Kier alpha value is -1.67. The highest BCUT2D eigenvalue weighted by molar-refractivity contribution is 5.22. The Kier molecular flexibility index (Phi) is 4.11. The highest BCUT2D eigenvalue weighted by Crippen LogP contribution is 2.14. The molecule has 18 heavy (non-hydrogen) atoms. The van der Waals surface area contributed by atoms with Gasteiger partial charge in [-0.3, -0.25) is 0 Å². The number of nitrogens with one attached hydrogen (secondary N) is 1. The Morgan fingerprint density at radius 2 is 1.83 bits per heavy atom. The molecule has 0 aliphatic carbocycles. The van der Waals surface area contributed by atoms with E-state index >= 15 is 0 Å². The number of halogens is 1. The minimum absolute atomic E-state index is 0.141. The molecule has 2 heteroatoms. The minimum Gasteiger partial charge on any atom is -0.306 e. The van der Waals surface area contributed by atoms with E-state index in [1.807, 2.05) is 13.0 Å². The van der Waals surface area contributed by atoms with E-state index in [0.29, 0.717) is 0 Å². The lowest BCUT2D eigenvalue weighted by molar-refractivity contribution is 0.565. The SMILES string of the molecule is Cc1ccc(CN[C@@H](C)c2cccc(F)c2)cc1. The first-order chi connectivity index (χ1) is 8.65. The molecule has 0 saturated heterocycles. The first kappa shape index (κ1) is 12.8. The monoisotopic (exact) mass is 243 g/mol. The van der Waals surface area contributed by atoms with Crippen LogP contribution in [0.15, 0.2) is 48.5 Å². The second-order valence-electron chi connectivity index (χ2n) is 4.64. The third-order valence-electron chi connectivity index (χ3n) is 3.08. The van der Waals surface area contributed by atoms with E-state index in [-0.39, 0.29) is 11.9 Å². The molecule has 0 heterocycles. The summed E-state index contributed by atoms with van der Waals surface area (Å²) >= 11 is 0. The maximum Gasteiger partial charge on any atom is 0.123 e. The van der Waals surface area contributed by atoms with Crippen molar-refractivity contribution in [3.05, 3.63) is 71.0 Å². The van der Waals surface area contributed by atoms with Gasteiger partial charge in [-0.05, 0) is 37.1 Å². The highest BCUT2D eigenvalue weighted by atomic mass is 19.1. The summed E-state index contributed by atoms with van der Waals surface area (Å²) in [5.41, 5.74) is 3.47. The lowest BCUT2D eigenvalue weighted by atomic mass is 10.1. The summed E-state index contributed by atoms with van der Waals surface area (Å²) in [6.45, 7) is 4.91.